The monoisotopic (exact) mass is 283 g/mol. The average Bonchev–Trinajstić information content (AvgIpc) is 2.79. The lowest BCUT2D eigenvalue weighted by Gasteiger charge is -2.12. The summed E-state index contributed by atoms with van der Waals surface area (Å²) < 4.78 is 0. The zero-order valence-corrected chi connectivity index (χ0v) is 11.9. The summed E-state index contributed by atoms with van der Waals surface area (Å²) in [6.07, 6.45) is 1.92. The Morgan fingerprint density at radius 1 is 1.50 bits per heavy atom. The van der Waals surface area contributed by atoms with Gasteiger partial charge in [0.2, 0.25) is 0 Å². The number of carbonyl (C=O) groups is 1. The highest BCUT2D eigenvalue weighted by atomic mass is 32.2. The molecule has 1 amide bonds. The summed E-state index contributed by atoms with van der Waals surface area (Å²) in [6, 6.07) is 1.77. The van der Waals surface area contributed by atoms with Gasteiger partial charge in [-0.2, -0.15) is 0 Å². The standard InChI is InChI=1S/C10H13N5OS2/c1-15(2)7-5-4-6(8(16)14-11)18-9(5)13-10(12-7)17-3/h4H,11H2,1-3H3,(H,14,16). The van der Waals surface area contributed by atoms with Gasteiger partial charge in [0.1, 0.15) is 10.6 Å². The van der Waals surface area contributed by atoms with Crippen molar-refractivity contribution in [3.63, 3.8) is 0 Å². The van der Waals surface area contributed by atoms with Crippen LogP contribution in [0.3, 0.4) is 0 Å². The van der Waals surface area contributed by atoms with E-state index >= 15 is 0 Å². The Labute approximate surface area is 113 Å². The van der Waals surface area contributed by atoms with Crippen LogP contribution in [0.1, 0.15) is 9.67 Å². The van der Waals surface area contributed by atoms with Gasteiger partial charge in [-0.25, -0.2) is 15.8 Å². The fourth-order valence-electron chi connectivity index (χ4n) is 1.50. The topological polar surface area (TPSA) is 84.1 Å². The molecule has 0 aliphatic heterocycles. The maximum atomic E-state index is 11.5. The van der Waals surface area contributed by atoms with Gasteiger partial charge in [0, 0.05) is 14.1 Å². The number of rotatable bonds is 3. The Balaban J connectivity index is 2.66. The van der Waals surface area contributed by atoms with E-state index in [-0.39, 0.29) is 5.91 Å². The number of hydrazine groups is 1. The van der Waals surface area contributed by atoms with Crippen molar-refractivity contribution in [2.24, 2.45) is 5.84 Å². The van der Waals surface area contributed by atoms with Crippen LogP contribution in [0.15, 0.2) is 11.2 Å². The molecule has 2 heterocycles. The Morgan fingerprint density at radius 3 is 2.78 bits per heavy atom. The molecule has 96 valence electrons. The van der Waals surface area contributed by atoms with E-state index < -0.39 is 0 Å². The molecule has 3 N–H and O–H groups in total. The molecule has 0 aliphatic carbocycles. The summed E-state index contributed by atoms with van der Waals surface area (Å²) in [4.78, 5) is 23.6. The van der Waals surface area contributed by atoms with Crippen molar-refractivity contribution in [2.45, 2.75) is 5.16 Å². The molecule has 0 saturated heterocycles. The average molecular weight is 283 g/mol. The van der Waals surface area contributed by atoms with Crippen LogP contribution in [0, 0.1) is 0 Å². The highest BCUT2D eigenvalue weighted by molar-refractivity contribution is 7.98. The predicted molar refractivity (Wildman–Crippen MR) is 75.2 cm³/mol. The lowest BCUT2D eigenvalue weighted by Crippen LogP contribution is -2.29. The molecule has 0 atom stereocenters. The molecule has 2 aromatic heterocycles. The van der Waals surface area contributed by atoms with Crippen LogP contribution in [-0.2, 0) is 0 Å². The lowest BCUT2D eigenvalue weighted by atomic mass is 10.3. The second-order valence-electron chi connectivity index (χ2n) is 3.73. The molecular weight excluding hydrogens is 270 g/mol. The minimum atomic E-state index is -0.312. The molecular formula is C10H13N5OS2. The van der Waals surface area contributed by atoms with E-state index in [4.69, 9.17) is 5.84 Å². The van der Waals surface area contributed by atoms with E-state index in [9.17, 15) is 4.79 Å². The Hall–Kier alpha value is -1.38. The summed E-state index contributed by atoms with van der Waals surface area (Å²) in [5.41, 5.74) is 2.12. The van der Waals surface area contributed by atoms with E-state index in [1.807, 2.05) is 25.3 Å². The van der Waals surface area contributed by atoms with Crippen molar-refractivity contribution in [3.8, 4) is 0 Å². The van der Waals surface area contributed by atoms with Crippen LogP contribution in [-0.4, -0.2) is 36.2 Å². The maximum Gasteiger partial charge on any atom is 0.275 e. The van der Waals surface area contributed by atoms with Gasteiger partial charge in [0.25, 0.3) is 5.91 Å². The normalized spacial score (nSPS) is 10.7. The molecule has 0 saturated carbocycles. The van der Waals surface area contributed by atoms with Crippen molar-refractivity contribution < 1.29 is 4.79 Å². The minimum absolute atomic E-state index is 0.312. The number of nitrogen functional groups attached to an aromatic ring is 1. The van der Waals surface area contributed by atoms with Crippen LogP contribution in [0.2, 0.25) is 0 Å². The first-order valence-electron chi connectivity index (χ1n) is 5.10. The molecule has 0 radical (unpaired) electrons. The van der Waals surface area contributed by atoms with Gasteiger partial charge < -0.3 is 4.90 Å². The molecule has 0 bridgehead atoms. The van der Waals surface area contributed by atoms with Crippen molar-refractivity contribution >= 4 is 45.0 Å². The largest absolute Gasteiger partial charge is 0.362 e. The summed E-state index contributed by atoms with van der Waals surface area (Å²) in [7, 11) is 3.82. The Morgan fingerprint density at radius 2 is 2.22 bits per heavy atom. The zero-order valence-electron chi connectivity index (χ0n) is 10.2. The third kappa shape index (κ3) is 2.26. The van der Waals surface area contributed by atoms with Crippen molar-refractivity contribution in [1.29, 1.82) is 0 Å². The first-order valence-corrected chi connectivity index (χ1v) is 7.14. The molecule has 0 fully saturated rings. The number of thiophene rings is 1. The number of fused-ring (bicyclic) bond motifs is 1. The van der Waals surface area contributed by atoms with E-state index in [0.29, 0.717) is 10.0 Å². The number of thioether (sulfide) groups is 1. The second kappa shape index (κ2) is 5.09. The van der Waals surface area contributed by atoms with Gasteiger partial charge in [0.15, 0.2) is 5.16 Å². The summed E-state index contributed by atoms with van der Waals surface area (Å²) >= 11 is 2.78. The van der Waals surface area contributed by atoms with Crippen LogP contribution < -0.4 is 16.2 Å². The molecule has 0 spiro atoms. The number of nitrogens with one attached hydrogen (secondary N) is 1. The van der Waals surface area contributed by atoms with Crippen molar-refractivity contribution in [1.82, 2.24) is 15.4 Å². The fraction of sp³-hybridized carbons (Fsp3) is 0.300. The van der Waals surface area contributed by atoms with Crippen LogP contribution in [0.25, 0.3) is 10.2 Å². The summed E-state index contributed by atoms with van der Waals surface area (Å²) in [5, 5.41) is 1.55. The fourth-order valence-corrected chi connectivity index (χ4v) is 2.85. The van der Waals surface area contributed by atoms with Crippen molar-refractivity contribution in [2.75, 3.05) is 25.3 Å². The third-order valence-corrected chi connectivity index (χ3v) is 3.89. The number of hydrogen-bond acceptors (Lipinski definition) is 7. The first-order chi connectivity index (χ1) is 8.56. The smallest absolute Gasteiger partial charge is 0.275 e. The summed E-state index contributed by atoms with van der Waals surface area (Å²) in [6.45, 7) is 0. The van der Waals surface area contributed by atoms with Gasteiger partial charge in [-0.3, -0.25) is 10.2 Å². The molecule has 18 heavy (non-hydrogen) atoms. The Kier molecular flexibility index (Phi) is 3.69. The quantitative estimate of drug-likeness (QED) is 0.288. The number of amides is 1. The lowest BCUT2D eigenvalue weighted by molar-refractivity contribution is 0.0958. The maximum absolute atomic E-state index is 11.5. The van der Waals surface area contributed by atoms with Gasteiger partial charge in [0.05, 0.1) is 10.3 Å². The van der Waals surface area contributed by atoms with Gasteiger partial charge in [-0.1, -0.05) is 11.8 Å². The molecule has 2 rings (SSSR count). The molecule has 2 aromatic rings. The van der Waals surface area contributed by atoms with E-state index in [2.05, 4.69) is 15.4 Å². The van der Waals surface area contributed by atoms with E-state index in [1.165, 1.54) is 23.1 Å². The number of anilines is 1. The molecule has 8 heteroatoms. The number of nitrogens with two attached hydrogens (primary N) is 1. The molecule has 0 unspecified atom stereocenters. The predicted octanol–water partition coefficient (Wildman–Crippen LogP) is 1.08. The number of hydrogen-bond donors (Lipinski definition) is 2. The van der Waals surface area contributed by atoms with Crippen LogP contribution in [0.4, 0.5) is 5.82 Å². The number of aromatic nitrogens is 2. The number of nitrogens with zero attached hydrogens (tertiary/aromatic N) is 3. The van der Waals surface area contributed by atoms with Crippen LogP contribution in [0.5, 0.6) is 0 Å². The second-order valence-corrected chi connectivity index (χ2v) is 5.54. The molecule has 6 nitrogen and oxygen atoms in total. The minimum Gasteiger partial charge on any atom is -0.362 e. The van der Waals surface area contributed by atoms with E-state index in [1.54, 1.807) is 6.07 Å². The third-order valence-electron chi connectivity index (χ3n) is 2.31. The van der Waals surface area contributed by atoms with Gasteiger partial charge >= 0.3 is 0 Å². The zero-order chi connectivity index (χ0) is 13.3. The van der Waals surface area contributed by atoms with E-state index in [0.717, 1.165) is 16.0 Å². The van der Waals surface area contributed by atoms with Gasteiger partial charge in [-0.15, -0.1) is 11.3 Å². The SMILES string of the molecule is CSc1nc(N(C)C)c2cc(C(=O)NN)sc2n1. The first kappa shape index (κ1) is 13.1. The summed E-state index contributed by atoms with van der Waals surface area (Å²) in [5.74, 6) is 5.63. The van der Waals surface area contributed by atoms with Crippen LogP contribution >= 0.6 is 23.1 Å². The highest BCUT2D eigenvalue weighted by Gasteiger charge is 2.15. The van der Waals surface area contributed by atoms with Gasteiger partial charge in [-0.05, 0) is 12.3 Å². The number of carbonyl (C=O) groups excluding carboxylic acids is 1. The molecule has 0 aromatic carbocycles. The molecule has 0 aliphatic rings. The Bertz CT molecular complexity index is 595. The highest BCUT2D eigenvalue weighted by Crippen LogP contribution is 2.31. The van der Waals surface area contributed by atoms with Crippen molar-refractivity contribution in [3.05, 3.63) is 10.9 Å².